The van der Waals surface area contributed by atoms with Crippen molar-refractivity contribution in [2.75, 3.05) is 6.54 Å². The van der Waals surface area contributed by atoms with E-state index in [1.165, 1.54) is 35.1 Å². The average molecular weight is 458 g/mol. The number of Topliss-reactive ketones (excluding diaryl/α,β-unsaturated/α-hetero) is 1. The van der Waals surface area contributed by atoms with Gasteiger partial charge in [-0.3, -0.25) is 14.5 Å². The predicted molar refractivity (Wildman–Crippen MR) is 123 cm³/mol. The molecule has 2 aromatic heterocycles. The third-order valence-corrected chi connectivity index (χ3v) is 7.17. The minimum Gasteiger partial charge on any atom is -0.508 e. The highest BCUT2D eigenvalue weighted by Gasteiger charge is 2.45. The maximum absolute atomic E-state index is 16.0. The first-order chi connectivity index (χ1) is 16.4. The number of pyridine rings is 1. The summed E-state index contributed by atoms with van der Waals surface area (Å²) in [7, 11) is 1.62. The van der Waals surface area contributed by atoms with Crippen LogP contribution >= 0.6 is 0 Å². The van der Waals surface area contributed by atoms with Crippen LogP contribution in [0.5, 0.6) is 5.75 Å². The number of nitrogens with zero attached hydrogens (tertiary/aromatic N) is 3. The second-order valence-electron chi connectivity index (χ2n) is 9.03. The molecular weight excluding hydrogens is 438 g/mol. The monoisotopic (exact) mass is 458 g/mol. The quantitative estimate of drug-likeness (QED) is 0.447. The summed E-state index contributed by atoms with van der Waals surface area (Å²) >= 11 is 0. The van der Waals surface area contributed by atoms with Crippen LogP contribution in [-0.2, 0) is 11.8 Å². The summed E-state index contributed by atoms with van der Waals surface area (Å²) in [6.07, 6.45) is 8.79. The summed E-state index contributed by atoms with van der Waals surface area (Å²) in [5.41, 5.74) is 0.797. The van der Waals surface area contributed by atoms with E-state index in [9.17, 15) is 14.3 Å². The molecule has 4 heterocycles. The van der Waals surface area contributed by atoms with E-state index < -0.39 is 17.6 Å². The van der Waals surface area contributed by atoms with Crippen LogP contribution in [0.3, 0.4) is 0 Å². The molecule has 8 heteroatoms. The Morgan fingerprint density at radius 2 is 2.09 bits per heavy atom. The highest BCUT2D eigenvalue weighted by Crippen LogP contribution is 2.42. The van der Waals surface area contributed by atoms with Gasteiger partial charge in [-0.25, -0.2) is 8.78 Å². The van der Waals surface area contributed by atoms with E-state index in [1.807, 2.05) is 0 Å². The van der Waals surface area contributed by atoms with Crippen molar-refractivity contribution in [3.8, 4) is 29.4 Å². The Bertz CT molecular complexity index is 1560. The highest BCUT2D eigenvalue weighted by atomic mass is 19.1. The van der Waals surface area contributed by atoms with Crippen LogP contribution in [0.2, 0.25) is 0 Å². The van der Waals surface area contributed by atoms with Gasteiger partial charge in [-0.05, 0) is 48.9 Å². The Morgan fingerprint density at radius 1 is 1.26 bits per heavy atom. The molecule has 170 valence electrons. The van der Waals surface area contributed by atoms with Crippen molar-refractivity contribution in [2.45, 2.75) is 24.8 Å². The van der Waals surface area contributed by atoms with E-state index in [4.69, 9.17) is 6.42 Å². The molecule has 6 nitrogen and oxygen atoms in total. The van der Waals surface area contributed by atoms with E-state index in [-0.39, 0.29) is 45.8 Å². The van der Waals surface area contributed by atoms with Crippen molar-refractivity contribution < 1.29 is 18.7 Å². The second kappa shape index (κ2) is 7.34. The van der Waals surface area contributed by atoms with Gasteiger partial charge in [-0.1, -0.05) is 12.0 Å². The Morgan fingerprint density at radius 3 is 2.79 bits per heavy atom. The van der Waals surface area contributed by atoms with Crippen LogP contribution in [0.1, 0.15) is 30.0 Å². The lowest BCUT2D eigenvalue weighted by Gasteiger charge is -2.41. The summed E-state index contributed by atoms with van der Waals surface area (Å²) in [5, 5.41) is 19.3. The molecule has 7 rings (SSSR count). The molecule has 2 bridgehead atoms. The third kappa shape index (κ3) is 2.80. The summed E-state index contributed by atoms with van der Waals surface area (Å²) in [5.74, 6) is 0.701. The van der Waals surface area contributed by atoms with Crippen LogP contribution in [0, 0.1) is 29.9 Å². The van der Waals surface area contributed by atoms with Crippen molar-refractivity contribution in [3.63, 3.8) is 0 Å². The minimum absolute atomic E-state index is 0.0316. The molecule has 2 N–H and O–H groups in total. The molecule has 3 fully saturated rings. The molecular formula is C26H20F2N4O2. The van der Waals surface area contributed by atoms with E-state index in [1.54, 1.807) is 7.05 Å². The standard InChI is InChI=1S/C26H20F2N4O2/c1-3-15-18(27)6-4-12-8-14(33)9-16(20(12)15)24-22(28)25-17(11-30-24)23(31-32(25)2)21-13-5-7-19(26(21)34)29-10-13/h1,4,6,8-9,11,13,19,21,29,33H,5,7,10H2,2H3. The van der Waals surface area contributed by atoms with Crippen LogP contribution < -0.4 is 5.32 Å². The molecule has 2 saturated heterocycles. The van der Waals surface area contributed by atoms with Gasteiger partial charge in [0.25, 0.3) is 0 Å². The van der Waals surface area contributed by atoms with Crippen molar-refractivity contribution >= 4 is 27.5 Å². The lowest BCUT2D eigenvalue weighted by atomic mass is 9.70. The van der Waals surface area contributed by atoms with E-state index in [0.717, 1.165) is 19.4 Å². The van der Waals surface area contributed by atoms with E-state index in [0.29, 0.717) is 21.9 Å². The van der Waals surface area contributed by atoms with E-state index >= 15 is 4.39 Å². The van der Waals surface area contributed by atoms with Crippen LogP contribution in [0.25, 0.3) is 32.9 Å². The highest BCUT2D eigenvalue weighted by molar-refractivity contribution is 6.03. The fourth-order valence-electron chi connectivity index (χ4n) is 5.63. The number of terminal acetylenes is 1. The lowest BCUT2D eigenvalue weighted by molar-refractivity contribution is -0.128. The number of phenols is 1. The van der Waals surface area contributed by atoms with Crippen molar-refractivity contribution in [2.24, 2.45) is 13.0 Å². The topological polar surface area (TPSA) is 80.0 Å². The fraction of sp³-hybridized carbons (Fsp3) is 0.269. The normalized spacial score (nSPS) is 21.9. The number of fused-ring (bicyclic) bond motifs is 5. The number of halogens is 2. The summed E-state index contributed by atoms with van der Waals surface area (Å²) < 4.78 is 31.9. The van der Waals surface area contributed by atoms with Crippen LogP contribution in [-0.4, -0.2) is 38.2 Å². The molecule has 3 atom stereocenters. The molecule has 34 heavy (non-hydrogen) atoms. The number of carbonyl (C=O) groups is 1. The predicted octanol–water partition coefficient (Wildman–Crippen LogP) is 3.79. The molecule has 4 aromatic rings. The Hall–Kier alpha value is -3.83. The molecule has 0 radical (unpaired) electrons. The van der Waals surface area contributed by atoms with Crippen molar-refractivity contribution in [3.05, 3.63) is 53.4 Å². The first-order valence-electron chi connectivity index (χ1n) is 11.1. The maximum atomic E-state index is 16.0. The Kier molecular flexibility index (Phi) is 4.48. The van der Waals surface area contributed by atoms with Gasteiger partial charge < -0.3 is 10.4 Å². The van der Waals surface area contributed by atoms with Gasteiger partial charge in [0.15, 0.2) is 11.6 Å². The van der Waals surface area contributed by atoms with E-state index in [2.05, 4.69) is 21.3 Å². The number of nitrogens with one attached hydrogen (secondary N) is 1. The van der Waals surface area contributed by atoms with Gasteiger partial charge >= 0.3 is 0 Å². The number of rotatable bonds is 2. The molecule has 2 aromatic carbocycles. The molecule has 3 aliphatic rings. The first kappa shape index (κ1) is 20.8. The summed E-state index contributed by atoms with van der Waals surface area (Å²) in [6.45, 7) is 0.725. The molecule has 0 amide bonds. The Labute approximate surface area is 193 Å². The van der Waals surface area contributed by atoms with Gasteiger partial charge in [-0.2, -0.15) is 5.10 Å². The zero-order valence-corrected chi connectivity index (χ0v) is 18.3. The number of hydrogen-bond acceptors (Lipinski definition) is 5. The van der Waals surface area contributed by atoms with Crippen LogP contribution in [0.15, 0.2) is 30.5 Å². The number of piperidine rings is 2. The van der Waals surface area contributed by atoms with Crippen LogP contribution in [0.4, 0.5) is 8.78 Å². The molecule has 1 saturated carbocycles. The number of carbonyl (C=O) groups excluding carboxylic acids is 1. The van der Waals surface area contributed by atoms with Gasteiger partial charge in [0.1, 0.15) is 22.8 Å². The smallest absolute Gasteiger partial charge is 0.175 e. The largest absolute Gasteiger partial charge is 0.508 e. The fourth-order valence-corrected chi connectivity index (χ4v) is 5.63. The number of hydrogen-bond donors (Lipinski definition) is 2. The van der Waals surface area contributed by atoms with Gasteiger partial charge in [0.2, 0.25) is 0 Å². The number of ketones is 1. The van der Waals surface area contributed by atoms with Gasteiger partial charge in [-0.15, -0.1) is 6.42 Å². The van der Waals surface area contributed by atoms with Crippen molar-refractivity contribution in [1.29, 1.82) is 0 Å². The molecule has 2 aliphatic heterocycles. The zero-order chi connectivity index (χ0) is 23.7. The minimum atomic E-state index is -0.676. The molecule has 0 spiro atoms. The van der Waals surface area contributed by atoms with Crippen molar-refractivity contribution in [1.82, 2.24) is 20.1 Å². The second-order valence-corrected chi connectivity index (χ2v) is 9.03. The third-order valence-electron chi connectivity index (χ3n) is 7.17. The number of aryl methyl sites for hydroxylation is 1. The number of aromatic nitrogens is 3. The zero-order valence-electron chi connectivity index (χ0n) is 18.3. The van der Waals surface area contributed by atoms with Gasteiger partial charge in [0.05, 0.1) is 23.2 Å². The molecule has 1 aliphatic carbocycles. The summed E-state index contributed by atoms with van der Waals surface area (Å²) in [6, 6.07) is 5.26. The average Bonchev–Trinajstić information content (AvgIpc) is 3.16. The lowest BCUT2D eigenvalue weighted by Crippen LogP contribution is -2.55. The Balaban J connectivity index is 1.59. The molecule has 3 unspecified atom stereocenters. The van der Waals surface area contributed by atoms with Gasteiger partial charge in [0, 0.05) is 29.6 Å². The number of aromatic hydroxyl groups is 1. The first-order valence-corrected chi connectivity index (χ1v) is 11.1. The maximum Gasteiger partial charge on any atom is 0.175 e. The number of phenolic OH excluding ortho intramolecular Hbond substituents is 1. The summed E-state index contributed by atoms with van der Waals surface area (Å²) in [4.78, 5) is 17.4. The number of benzene rings is 2. The SMILES string of the molecule is C#Cc1c(F)ccc2cc(O)cc(-c3ncc4c(C5C(=O)C6CCC5CN6)nn(C)c4c3F)c12.